The number of fused-ring (bicyclic) bond motifs is 2. The normalized spacial score (nSPS) is 32.1. The zero-order valence-electron chi connectivity index (χ0n) is 24.2. The van der Waals surface area contributed by atoms with Crippen LogP contribution in [0, 0.1) is 28.6 Å². The SMILES string of the molecule is C=C1[C@@H]2[C@H](CO)C[C@](C(=O)CCc3cccc(-c4cc(O)cc(CNC)c4)c3)([C@@]2(O)OC)[C@@]1(C)C1CCCCC1. The molecule has 6 nitrogen and oxygen atoms in total. The number of aryl methyl sites for hydroxylation is 1. The van der Waals surface area contributed by atoms with Gasteiger partial charge in [0, 0.05) is 38.0 Å². The number of carbonyl (C=O) groups excluding carboxylic acids is 1. The molecular weight excluding hydrogens is 502 g/mol. The van der Waals surface area contributed by atoms with Crippen molar-refractivity contribution >= 4 is 5.78 Å². The van der Waals surface area contributed by atoms with Gasteiger partial charge in [0.25, 0.3) is 0 Å². The Labute approximate surface area is 238 Å². The van der Waals surface area contributed by atoms with Crippen molar-refractivity contribution in [2.45, 2.75) is 70.6 Å². The van der Waals surface area contributed by atoms with E-state index in [9.17, 15) is 20.1 Å². The van der Waals surface area contributed by atoms with Gasteiger partial charge in [-0.15, -0.1) is 0 Å². The Bertz CT molecular complexity index is 1270. The molecule has 216 valence electrons. The molecule has 4 N–H and O–H groups in total. The molecule has 0 amide bonds. The van der Waals surface area contributed by atoms with Crippen molar-refractivity contribution < 1.29 is 24.9 Å². The molecule has 5 atom stereocenters. The number of phenols is 1. The maximum absolute atomic E-state index is 14.6. The van der Waals surface area contributed by atoms with Gasteiger partial charge in [0.2, 0.25) is 0 Å². The fourth-order valence-corrected chi connectivity index (χ4v) is 8.83. The van der Waals surface area contributed by atoms with Crippen LogP contribution in [0.15, 0.2) is 54.6 Å². The number of carbonyl (C=O) groups is 1. The summed E-state index contributed by atoms with van der Waals surface area (Å²) in [6.45, 7) is 7.19. The minimum absolute atomic E-state index is 0.00332. The monoisotopic (exact) mass is 547 g/mol. The molecule has 3 aliphatic rings. The van der Waals surface area contributed by atoms with Crippen molar-refractivity contribution in [3.63, 3.8) is 0 Å². The Hall–Kier alpha value is -2.51. The van der Waals surface area contributed by atoms with Gasteiger partial charge in [-0.25, -0.2) is 0 Å². The van der Waals surface area contributed by atoms with E-state index in [0.29, 0.717) is 19.4 Å². The van der Waals surface area contributed by atoms with Gasteiger partial charge in [0.1, 0.15) is 11.5 Å². The van der Waals surface area contributed by atoms with E-state index in [1.807, 2.05) is 25.2 Å². The lowest BCUT2D eigenvalue weighted by Gasteiger charge is -2.53. The summed E-state index contributed by atoms with van der Waals surface area (Å²) in [7, 11) is 3.37. The number of benzene rings is 2. The zero-order valence-corrected chi connectivity index (χ0v) is 24.2. The van der Waals surface area contributed by atoms with Crippen LogP contribution in [0.4, 0.5) is 0 Å². The molecule has 40 heavy (non-hydrogen) atoms. The average molecular weight is 548 g/mol. The van der Waals surface area contributed by atoms with Crippen LogP contribution in [-0.2, 0) is 22.5 Å². The average Bonchev–Trinajstić information content (AvgIpc) is 3.32. The van der Waals surface area contributed by atoms with Gasteiger partial charge in [0.05, 0.1) is 5.41 Å². The van der Waals surface area contributed by atoms with Crippen LogP contribution >= 0.6 is 0 Å². The largest absolute Gasteiger partial charge is 0.508 e. The van der Waals surface area contributed by atoms with Crippen LogP contribution in [-0.4, -0.2) is 47.7 Å². The summed E-state index contributed by atoms with van der Waals surface area (Å²) in [4.78, 5) is 14.6. The third-order valence-electron chi connectivity index (χ3n) is 10.7. The molecule has 0 unspecified atom stereocenters. The number of hydrogen-bond acceptors (Lipinski definition) is 6. The number of nitrogens with one attached hydrogen (secondary N) is 1. The summed E-state index contributed by atoms with van der Waals surface area (Å²) in [6, 6.07) is 13.7. The van der Waals surface area contributed by atoms with Crippen LogP contribution < -0.4 is 5.32 Å². The molecule has 0 aromatic heterocycles. The first kappa shape index (κ1) is 29.0. The number of ether oxygens (including phenoxy) is 1. The lowest BCUT2D eigenvalue weighted by Crippen LogP contribution is -2.58. The second kappa shape index (κ2) is 11.1. The third-order valence-corrected chi connectivity index (χ3v) is 10.7. The first-order valence-corrected chi connectivity index (χ1v) is 14.8. The summed E-state index contributed by atoms with van der Waals surface area (Å²) in [6.07, 6.45) is 6.68. The molecular formula is C34H45NO5. The van der Waals surface area contributed by atoms with E-state index in [4.69, 9.17) is 4.74 Å². The zero-order chi connectivity index (χ0) is 28.7. The number of aromatic hydroxyl groups is 1. The van der Waals surface area contributed by atoms with Gasteiger partial charge in [-0.1, -0.05) is 62.6 Å². The van der Waals surface area contributed by atoms with E-state index >= 15 is 0 Å². The second-order valence-electron chi connectivity index (χ2n) is 12.5. The Morgan fingerprint density at radius 2 is 1.82 bits per heavy atom. The lowest BCUT2D eigenvalue weighted by molar-refractivity contribution is -0.259. The van der Waals surface area contributed by atoms with Gasteiger partial charge in [-0.2, -0.15) is 0 Å². The molecule has 0 saturated heterocycles. The van der Waals surface area contributed by atoms with E-state index in [0.717, 1.165) is 53.5 Å². The number of aliphatic hydroxyl groups is 2. The Morgan fingerprint density at radius 3 is 2.50 bits per heavy atom. The second-order valence-corrected chi connectivity index (χ2v) is 12.5. The van der Waals surface area contributed by atoms with Crippen LogP contribution in [0.25, 0.3) is 11.1 Å². The van der Waals surface area contributed by atoms with Crippen molar-refractivity contribution in [1.29, 1.82) is 0 Å². The fourth-order valence-electron chi connectivity index (χ4n) is 8.83. The molecule has 5 rings (SSSR count). The summed E-state index contributed by atoms with van der Waals surface area (Å²) >= 11 is 0. The molecule has 2 aromatic rings. The van der Waals surface area contributed by atoms with Crippen LogP contribution in [0.1, 0.15) is 63.0 Å². The molecule has 0 heterocycles. The van der Waals surface area contributed by atoms with Crippen molar-refractivity contribution in [1.82, 2.24) is 5.32 Å². The van der Waals surface area contributed by atoms with Crippen LogP contribution in [0.3, 0.4) is 0 Å². The van der Waals surface area contributed by atoms with Gasteiger partial charge in [-0.3, -0.25) is 4.79 Å². The number of aliphatic hydroxyl groups excluding tert-OH is 1. The number of methoxy groups -OCH3 is 1. The Morgan fingerprint density at radius 1 is 1.10 bits per heavy atom. The van der Waals surface area contributed by atoms with Crippen molar-refractivity contribution in [3.8, 4) is 16.9 Å². The standard InChI is InChI=1S/C34H45NO5/c1-22-31-27(21-36)19-33(34(31,39)40-4,32(22,2)28-11-6-5-7-12-28)30(38)14-13-23-9-8-10-25(15-23)26-16-24(20-35-3)17-29(37)18-26/h8-10,15-18,27-28,31,35-37,39H,1,5-7,11-14,19-21H2,2-4H3/t27-,31+,32+,33+,34-/m0/s1. The highest BCUT2D eigenvalue weighted by Crippen LogP contribution is 2.76. The highest BCUT2D eigenvalue weighted by Gasteiger charge is 2.81. The van der Waals surface area contributed by atoms with Crippen molar-refractivity contribution in [2.75, 3.05) is 20.8 Å². The third kappa shape index (κ3) is 4.27. The number of ketones is 1. The summed E-state index contributed by atoms with van der Waals surface area (Å²) in [5.74, 6) is -1.90. The van der Waals surface area contributed by atoms with E-state index in [2.05, 4.69) is 31.0 Å². The van der Waals surface area contributed by atoms with Gasteiger partial charge >= 0.3 is 0 Å². The van der Waals surface area contributed by atoms with E-state index in [-0.39, 0.29) is 36.4 Å². The van der Waals surface area contributed by atoms with Gasteiger partial charge < -0.3 is 25.4 Å². The maximum atomic E-state index is 14.6. The minimum Gasteiger partial charge on any atom is -0.508 e. The van der Waals surface area contributed by atoms with Crippen molar-refractivity contribution in [3.05, 3.63) is 65.7 Å². The topological polar surface area (TPSA) is 99.0 Å². The molecule has 0 spiro atoms. The number of hydrogen-bond donors (Lipinski definition) is 4. The summed E-state index contributed by atoms with van der Waals surface area (Å²) in [5, 5.41) is 35.9. The summed E-state index contributed by atoms with van der Waals surface area (Å²) < 4.78 is 5.90. The van der Waals surface area contributed by atoms with E-state index < -0.39 is 22.5 Å². The lowest BCUT2D eigenvalue weighted by atomic mass is 9.50. The van der Waals surface area contributed by atoms with Crippen LogP contribution in [0.5, 0.6) is 5.75 Å². The summed E-state index contributed by atoms with van der Waals surface area (Å²) in [5.41, 5.74) is 3.07. The molecule has 6 heteroatoms. The van der Waals surface area contributed by atoms with E-state index in [1.165, 1.54) is 13.5 Å². The highest BCUT2D eigenvalue weighted by atomic mass is 16.6. The maximum Gasteiger partial charge on any atom is 0.185 e. The smallest absolute Gasteiger partial charge is 0.185 e. The van der Waals surface area contributed by atoms with Gasteiger partial charge in [-0.05, 0) is 85.0 Å². The number of phenolic OH excluding ortho intramolecular Hbond substituents is 1. The van der Waals surface area contributed by atoms with Crippen LogP contribution in [0.2, 0.25) is 0 Å². The van der Waals surface area contributed by atoms with Gasteiger partial charge in [0.15, 0.2) is 5.79 Å². The van der Waals surface area contributed by atoms with E-state index in [1.54, 1.807) is 12.1 Å². The Balaban J connectivity index is 1.46. The molecule has 3 saturated carbocycles. The molecule has 2 aromatic carbocycles. The predicted octanol–water partition coefficient (Wildman–Crippen LogP) is 5.39. The Kier molecular flexibility index (Phi) is 8.01. The van der Waals surface area contributed by atoms with Crippen molar-refractivity contribution in [2.24, 2.45) is 28.6 Å². The quantitative estimate of drug-likeness (QED) is 0.235. The molecule has 0 aliphatic heterocycles. The predicted molar refractivity (Wildman–Crippen MR) is 157 cm³/mol. The fraction of sp³-hybridized carbons (Fsp3) is 0.559. The molecule has 3 fully saturated rings. The molecule has 2 bridgehead atoms. The molecule has 0 radical (unpaired) electrons. The minimum atomic E-state index is -1.67. The number of Topliss-reactive ketones (excluding diaryl/α,β-unsaturated/α-hetero) is 1. The first-order chi connectivity index (χ1) is 19.2. The first-order valence-electron chi connectivity index (χ1n) is 14.8. The highest BCUT2D eigenvalue weighted by molar-refractivity contribution is 5.90. The molecule has 3 aliphatic carbocycles. The number of rotatable bonds is 10.